The average molecular weight is 363 g/mol. The van der Waals surface area contributed by atoms with Gasteiger partial charge in [-0.15, -0.1) is 0 Å². The highest BCUT2D eigenvalue weighted by molar-refractivity contribution is 7.82. The first-order valence-corrected chi connectivity index (χ1v) is 11.7. The van der Waals surface area contributed by atoms with Gasteiger partial charge in [-0.2, -0.15) is 25.3 Å². The van der Waals surface area contributed by atoms with Gasteiger partial charge in [-0.25, -0.2) is 0 Å². The van der Waals surface area contributed by atoms with Crippen molar-refractivity contribution in [3.8, 4) is 0 Å². The Morgan fingerprint density at radius 3 is 1.55 bits per heavy atom. The summed E-state index contributed by atoms with van der Waals surface area (Å²) in [5.41, 5.74) is 0. The number of rotatable bonds is 11. The summed E-state index contributed by atoms with van der Waals surface area (Å²) in [6, 6.07) is 1.09. The van der Waals surface area contributed by atoms with E-state index in [4.69, 9.17) is 22.1 Å². The predicted molar refractivity (Wildman–Crippen MR) is 94.3 cm³/mol. The van der Waals surface area contributed by atoms with Crippen molar-refractivity contribution in [1.82, 2.24) is 0 Å². The van der Waals surface area contributed by atoms with Gasteiger partial charge in [0.25, 0.3) is 0 Å². The molecule has 0 amide bonds. The highest BCUT2D eigenvalue weighted by Gasteiger charge is 2.35. The summed E-state index contributed by atoms with van der Waals surface area (Å²) in [6.45, 7) is 5.59. The maximum atomic E-state index is 5.47. The van der Waals surface area contributed by atoms with Crippen LogP contribution in [-0.2, 0) is 22.1 Å². The standard InChI is InChI=1S/C7H18O2SSi.C4H12O3SSi/c1-3-8-11(9-4-2)7-5-6-10;1-5-9(4-8,6-2)7-3/h10-11H,3-7H2,1-2H3;8H,4H2,1-3H3. The summed E-state index contributed by atoms with van der Waals surface area (Å²) in [5.74, 6) is 0.934. The first-order chi connectivity index (χ1) is 9.59. The molecule has 0 rings (SSSR count). The molecule has 0 saturated heterocycles. The average Bonchev–Trinajstić information content (AvgIpc) is 2.49. The molecule has 9 heteroatoms. The van der Waals surface area contributed by atoms with Crippen LogP contribution in [-0.4, -0.2) is 63.8 Å². The van der Waals surface area contributed by atoms with Crippen LogP contribution in [0.15, 0.2) is 0 Å². The second-order valence-corrected chi connectivity index (χ2v) is 10.1. The Bertz CT molecular complexity index is 176. The molecule has 0 bridgehead atoms. The van der Waals surface area contributed by atoms with E-state index in [0.29, 0.717) is 5.38 Å². The lowest BCUT2D eigenvalue weighted by Crippen LogP contribution is -2.45. The number of thiol groups is 2. The Balaban J connectivity index is 0. The van der Waals surface area contributed by atoms with Crippen LogP contribution in [0.1, 0.15) is 20.3 Å². The summed E-state index contributed by atoms with van der Waals surface area (Å²) in [5, 5.41) is 0.510. The lowest BCUT2D eigenvalue weighted by Gasteiger charge is -2.21. The van der Waals surface area contributed by atoms with Gasteiger partial charge in [-0.1, -0.05) is 0 Å². The van der Waals surface area contributed by atoms with E-state index < -0.39 is 18.1 Å². The molecule has 0 saturated carbocycles. The fourth-order valence-electron chi connectivity index (χ4n) is 1.29. The molecular weight excluding hydrogens is 332 g/mol. The molecule has 0 aliphatic heterocycles. The van der Waals surface area contributed by atoms with E-state index in [-0.39, 0.29) is 0 Å². The van der Waals surface area contributed by atoms with E-state index in [1.54, 1.807) is 21.3 Å². The minimum atomic E-state index is -2.33. The van der Waals surface area contributed by atoms with Gasteiger partial charge in [0, 0.05) is 34.5 Å². The van der Waals surface area contributed by atoms with E-state index in [0.717, 1.165) is 31.4 Å². The minimum absolute atomic E-state index is 0.510. The van der Waals surface area contributed by atoms with Gasteiger partial charge in [0.2, 0.25) is 0 Å². The second-order valence-electron chi connectivity index (χ2n) is 3.66. The molecule has 0 N–H and O–H groups in total. The quantitative estimate of drug-likeness (QED) is 0.434. The molecule has 0 fully saturated rings. The lowest BCUT2D eigenvalue weighted by molar-refractivity contribution is 0.131. The molecule has 0 radical (unpaired) electrons. The molecule has 0 heterocycles. The van der Waals surface area contributed by atoms with Gasteiger partial charge in [0.15, 0.2) is 0 Å². The molecule has 0 aromatic heterocycles. The smallest absolute Gasteiger partial charge is 0.397 e. The van der Waals surface area contributed by atoms with Crippen molar-refractivity contribution < 1.29 is 22.1 Å². The summed E-state index contributed by atoms with van der Waals surface area (Å²) < 4.78 is 25.9. The second kappa shape index (κ2) is 16.3. The Morgan fingerprint density at radius 1 is 0.900 bits per heavy atom. The third kappa shape index (κ3) is 11.6. The normalized spacial score (nSPS) is 11.4. The van der Waals surface area contributed by atoms with Crippen LogP contribution in [0.25, 0.3) is 0 Å². The van der Waals surface area contributed by atoms with Crippen molar-refractivity contribution in [1.29, 1.82) is 0 Å². The summed E-state index contributed by atoms with van der Waals surface area (Å²) in [7, 11) is 1.07. The Kier molecular flexibility index (Phi) is 18.9. The Labute approximate surface area is 137 Å². The molecule has 0 atom stereocenters. The molecular formula is C11H30O5S2Si2. The maximum absolute atomic E-state index is 5.47. The molecule has 0 spiro atoms. The summed E-state index contributed by atoms with van der Waals surface area (Å²) in [4.78, 5) is 0. The number of hydrogen-bond acceptors (Lipinski definition) is 7. The zero-order valence-corrected chi connectivity index (χ0v) is 17.2. The zero-order chi connectivity index (χ0) is 15.9. The SMILES string of the molecule is CCO[SiH](CCCS)OCC.CO[Si](CS)(OC)OC. The topological polar surface area (TPSA) is 46.2 Å². The van der Waals surface area contributed by atoms with Gasteiger partial charge in [-0.05, 0) is 32.1 Å². The number of hydrogen-bond donors (Lipinski definition) is 2. The maximum Gasteiger partial charge on any atom is 0.510 e. The monoisotopic (exact) mass is 362 g/mol. The van der Waals surface area contributed by atoms with Crippen LogP contribution in [0.5, 0.6) is 0 Å². The highest BCUT2D eigenvalue weighted by Crippen LogP contribution is 2.06. The predicted octanol–water partition coefficient (Wildman–Crippen LogP) is 1.93. The van der Waals surface area contributed by atoms with E-state index >= 15 is 0 Å². The van der Waals surface area contributed by atoms with Crippen LogP contribution >= 0.6 is 25.3 Å². The van der Waals surface area contributed by atoms with Crippen molar-refractivity contribution in [2.24, 2.45) is 0 Å². The van der Waals surface area contributed by atoms with Gasteiger partial charge in [0.1, 0.15) is 0 Å². The fourth-order valence-corrected chi connectivity index (χ4v) is 5.57. The third-order valence-electron chi connectivity index (χ3n) is 2.43. The van der Waals surface area contributed by atoms with Crippen LogP contribution < -0.4 is 0 Å². The molecule has 0 aromatic carbocycles. The lowest BCUT2D eigenvalue weighted by atomic mass is 10.6. The van der Waals surface area contributed by atoms with Crippen molar-refractivity contribution in [3.05, 3.63) is 0 Å². The Morgan fingerprint density at radius 2 is 1.35 bits per heavy atom. The van der Waals surface area contributed by atoms with E-state index in [1.165, 1.54) is 0 Å². The largest absolute Gasteiger partial charge is 0.510 e. The van der Waals surface area contributed by atoms with Gasteiger partial charge < -0.3 is 22.1 Å². The summed E-state index contributed by atoms with van der Waals surface area (Å²) >= 11 is 8.17. The van der Waals surface area contributed by atoms with Crippen molar-refractivity contribution in [2.45, 2.75) is 26.3 Å². The van der Waals surface area contributed by atoms with Gasteiger partial charge in [-0.3, -0.25) is 0 Å². The third-order valence-corrected chi connectivity index (χ3v) is 8.45. The Hall–Kier alpha value is 0.934. The highest BCUT2D eigenvalue weighted by atomic mass is 32.1. The van der Waals surface area contributed by atoms with Crippen LogP contribution in [0, 0.1) is 0 Å². The van der Waals surface area contributed by atoms with Crippen molar-refractivity contribution >= 4 is 43.3 Å². The molecule has 0 aromatic rings. The molecule has 0 aliphatic carbocycles. The van der Waals surface area contributed by atoms with Gasteiger partial charge in [0.05, 0.1) is 5.38 Å². The van der Waals surface area contributed by atoms with E-state index in [9.17, 15) is 0 Å². The molecule has 0 aliphatic rings. The van der Waals surface area contributed by atoms with Crippen LogP contribution in [0.4, 0.5) is 0 Å². The molecule has 124 valence electrons. The molecule has 20 heavy (non-hydrogen) atoms. The first-order valence-electron chi connectivity index (χ1n) is 6.69. The van der Waals surface area contributed by atoms with E-state index in [2.05, 4.69) is 25.3 Å². The van der Waals surface area contributed by atoms with Crippen LogP contribution in [0.2, 0.25) is 6.04 Å². The molecule has 5 nitrogen and oxygen atoms in total. The minimum Gasteiger partial charge on any atom is -0.397 e. The zero-order valence-electron chi connectivity index (χ0n) is 13.3. The van der Waals surface area contributed by atoms with Crippen LogP contribution in [0.3, 0.4) is 0 Å². The van der Waals surface area contributed by atoms with Gasteiger partial charge >= 0.3 is 18.1 Å². The first kappa shape index (κ1) is 23.2. The van der Waals surface area contributed by atoms with E-state index in [1.807, 2.05) is 13.8 Å². The molecule has 0 unspecified atom stereocenters. The van der Waals surface area contributed by atoms with Crippen molar-refractivity contribution in [3.63, 3.8) is 0 Å². The van der Waals surface area contributed by atoms with Crippen molar-refractivity contribution in [2.75, 3.05) is 45.7 Å². The fraction of sp³-hybridized carbons (Fsp3) is 1.00. The summed E-state index contributed by atoms with van der Waals surface area (Å²) in [6.07, 6.45) is 1.11.